The SMILES string of the molecule is CO[C@H](C=C(C)C)C[C@@H](C)[C@H]1CC[C@@]2(C)[C@@H]3C=C[C@]45OC[C@]3(CC[C@]12C)[C@@H]4CC[C@H](O[C@@H]1O[C@H](CO)[C@@H](O)[C@@H](O)[C@H]1O)C5(C)C. The van der Waals surface area contributed by atoms with E-state index in [4.69, 9.17) is 18.9 Å². The number of allylic oxidation sites excluding steroid dienone is 2. The third-order valence-electron chi connectivity index (χ3n) is 14.6. The minimum absolute atomic E-state index is 0.0869. The second kappa shape index (κ2) is 11.6. The van der Waals surface area contributed by atoms with Gasteiger partial charge >= 0.3 is 0 Å². The van der Waals surface area contributed by atoms with E-state index in [0.717, 1.165) is 25.9 Å². The molecule has 6 rings (SSSR count). The summed E-state index contributed by atoms with van der Waals surface area (Å²) in [6.07, 6.45) is 8.34. The standard InChI is InChI=1S/C37H60O8/c1-21(2)17-23(42-8)18-22(3)24-11-13-35(7)26-12-14-37-27(36(26,20-43-37)16-15-34(24,35)6)9-10-28(33(37,4)5)45-32-31(41)30(40)29(39)25(19-38)44-32/h12,14,17,22-32,38-41H,9-11,13,15-16,18-20H2,1-8H3/t22-,23-,24-,25-,26+,27+,28+,29-,30-,31-,32+,34-,35+,36+,37+/m1/s1. The summed E-state index contributed by atoms with van der Waals surface area (Å²) in [6.45, 7) is 16.6. The smallest absolute Gasteiger partial charge is 0.186 e. The summed E-state index contributed by atoms with van der Waals surface area (Å²) in [7, 11) is 1.84. The van der Waals surface area contributed by atoms with Gasteiger partial charge in [-0.05, 0) is 87.4 Å². The van der Waals surface area contributed by atoms with Gasteiger partial charge in [-0.3, -0.25) is 0 Å². The Bertz CT molecular complexity index is 1160. The van der Waals surface area contributed by atoms with E-state index in [1.807, 2.05) is 7.11 Å². The van der Waals surface area contributed by atoms with E-state index in [2.05, 4.69) is 66.7 Å². The first kappa shape index (κ1) is 34.0. The van der Waals surface area contributed by atoms with Crippen molar-refractivity contribution in [3.05, 3.63) is 23.8 Å². The van der Waals surface area contributed by atoms with E-state index >= 15 is 0 Å². The maximum absolute atomic E-state index is 10.7. The van der Waals surface area contributed by atoms with Crippen molar-refractivity contribution in [2.45, 2.75) is 142 Å². The zero-order valence-corrected chi connectivity index (χ0v) is 28.9. The molecule has 8 nitrogen and oxygen atoms in total. The van der Waals surface area contributed by atoms with Gasteiger partial charge in [0.25, 0.3) is 0 Å². The summed E-state index contributed by atoms with van der Waals surface area (Å²) in [5, 5.41) is 41.1. The van der Waals surface area contributed by atoms with Crippen molar-refractivity contribution in [2.24, 2.45) is 45.3 Å². The molecule has 0 radical (unpaired) electrons. The van der Waals surface area contributed by atoms with E-state index in [1.165, 1.54) is 31.3 Å². The minimum atomic E-state index is -1.46. The van der Waals surface area contributed by atoms with Crippen LogP contribution in [0.15, 0.2) is 23.8 Å². The number of aliphatic hydroxyl groups is 4. The molecule has 15 atom stereocenters. The molecular weight excluding hydrogens is 572 g/mol. The average molecular weight is 633 g/mol. The summed E-state index contributed by atoms with van der Waals surface area (Å²) < 4.78 is 25.2. The van der Waals surface area contributed by atoms with Crippen LogP contribution in [-0.2, 0) is 18.9 Å². The van der Waals surface area contributed by atoms with Crippen molar-refractivity contribution in [3.8, 4) is 0 Å². The summed E-state index contributed by atoms with van der Waals surface area (Å²) >= 11 is 0. The Labute approximate surface area is 270 Å². The zero-order valence-electron chi connectivity index (χ0n) is 28.9. The lowest BCUT2D eigenvalue weighted by Crippen LogP contribution is -2.66. The number of ether oxygens (including phenoxy) is 4. The molecule has 4 N–H and O–H groups in total. The van der Waals surface area contributed by atoms with Gasteiger partial charge in [0.05, 0.1) is 31.0 Å². The van der Waals surface area contributed by atoms with Crippen LogP contribution in [0.1, 0.15) is 93.4 Å². The number of aliphatic hydroxyl groups excluding tert-OH is 4. The van der Waals surface area contributed by atoms with Crippen molar-refractivity contribution in [1.29, 1.82) is 0 Å². The molecule has 256 valence electrons. The molecule has 2 bridgehead atoms. The first-order valence-corrected chi connectivity index (χ1v) is 17.6. The van der Waals surface area contributed by atoms with Crippen molar-refractivity contribution in [2.75, 3.05) is 20.3 Å². The molecular formula is C37H60O8. The highest BCUT2D eigenvalue weighted by Crippen LogP contribution is 2.77. The second-order valence-electron chi connectivity index (χ2n) is 17.0. The van der Waals surface area contributed by atoms with E-state index in [0.29, 0.717) is 23.7 Å². The number of hydrogen-bond donors (Lipinski definition) is 4. The quantitative estimate of drug-likeness (QED) is 0.283. The lowest BCUT2D eigenvalue weighted by Gasteiger charge is -2.65. The van der Waals surface area contributed by atoms with Crippen LogP contribution in [0.25, 0.3) is 0 Å². The number of methoxy groups -OCH3 is 1. The van der Waals surface area contributed by atoms with Crippen LogP contribution in [0.4, 0.5) is 0 Å². The highest BCUT2D eigenvalue weighted by molar-refractivity contribution is 5.33. The summed E-state index contributed by atoms with van der Waals surface area (Å²) in [4.78, 5) is 0. The molecule has 8 heteroatoms. The average Bonchev–Trinajstić information content (AvgIpc) is 3.39. The largest absolute Gasteiger partial charge is 0.394 e. The Kier molecular flexibility index (Phi) is 8.81. The monoisotopic (exact) mass is 632 g/mol. The predicted octanol–water partition coefficient (Wildman–Crippen LogP) is 4.77. The lowest BCUT2D eigenvalue weighted by atomic mass is 9.38. The van der Waals surface area contributed by atoms with Gasteiger partial charge in [-0.15, -0.1) is 0 Å². The number of fused-ring (bicyclic) bond motifs is 2. The van der Waals surface area contributed by atoms with Gasteiger partial charge in [0.2, 0.25) is 0 Å². The van der Waals surface area contributed by atoms with Crippen LogP contribution in [0.5, 0.6) is 0 Å². The van der Waals surface area contributed by atoms with Gasteiger partial charge in [-0.25, -0.2) is 0 Å². The molecule has 3 saturated carbocycles. The molecule has 0 unspecified atom stereocenters. The van der Waals surface area contributed by atoms with E-state index in [1.54, 1.807) is 0 Å². The van der Waals surface area contributed by atoms with Gasteiger partial charge in [0, 0.05) is 23.9 Å². The third-order valence-corrected chi connectivity index (χ3v) is 14.6. The van der Waals surface area contributed by atoms with E-state index in [-0.39, 0.29) is 28.5 Å². The molecule has 2 saturated heterocycles. The van der Waals surface area contributed by atoms with Gasteiger partial charge < -0.3 is 39.4 Å². The molecule has 0 amide bonds. The molecule has 0 aromatic carbocycles. The van der Waals surface area contributed by atoms with Gasteiger partial charge in [-0.2, -0.15) is 0 Å². The predicted molar refractivity (Wildman–Crippen MR) is 171 cm³/mol. The molecule has 1 spiro atoms. The molecule has 0 aromatic rings. The van der Waals surface area contributed by atoms with Crippen LogP contribution in [-0.4, -0.2) is 89.3 Å². The highest BCUT2D eigenvalue weighted by Gasteiger charge is 2.75. The first-order valence-electron chi connectivity index (χ1n) is 17.6. The summed E-state index contributed by atoms with van der Waals surface area (Å²) in [5.41, 5.74) is 0.902. The van der Waals surface area contributed by atoms with Crippen molar-refractivity contribution in [1.82, 2.24) is 0 Å². The van der Waals surface area contributed by atoms with Crippen molar-refractivity contribution >= 4 is 0 Å². The number of hydrogen-bond acceptors (Lipinski definition) is 8. The fourth-order valence-electron chi connectivity index (χ4n) is 11.9. The van der Waals surface area contributed by atoms with Crippen LogP contribution in [0.2, 0.25) is 0 Å². The Morgan fingerprint density at radius 3 is 2.38 bits per heavy atom. The molecule has 45 heavy (non-hydrogen) atoms. The Hall–Kier alpha value is -0.840. The Morgan fingerprint density at radius 1 is 0.978 bits per heavy atom. The lowest BCUT2D eigenvalue weighted by molar-refractivity contribution is -0.329. The fraction of sp³-hybridized carbons (Fsp3) is 0.892. The third kappa shape index (κ3) is 4.74. The molecule has 4 aliphatic carbocycles. The Morgan fingerprint density at radius 2 is 1.71 bits per heavy atom. The van der Waals surface area contributed by atoms with Crippen LogP contribution in [0, 0.1) is 45.3 Å². The maximum atomic E-state index is 10.7. The summed E-state index contributed by atoms with van der Waals surface area (Å²) in [5.74, 6) is 2.06. The molecule has 2 heterocycles. The molecule has 0 aromatic heterocycles. The minimum Gasteiger partial charge on any atom is -0.394 e. The first-order chi connectivity index (χ1) is 21.1. The highest BCUT2D eigenvalue weighted by atomic mass is 16.7. The number of rotatable bonds is 8. The normalized spacial score (nSPS) is 51.2. The molecule has 2 aliphatic heterocycles. The van der Waals surface area contributed by atoms with Crippen molar-refractivity contribution < 1.29 is 39.4 Å². The fourth-order valence-corrected chi connectivity index (χ4v) is 11.9. The van der Waals surface area contributed by atoms with Gasteiger partial charge in [-0.1, -0.05) is 58.4 Å². The van der Waals surface area contributed by atoms with Crippen molar-refractivity contribution in [3.63, 3.8) is 0 Å². The van der Waals surface area contributed by atoms with E-state index < -0.39 is 48.3 Å². The molecule has 6 aliphatic rings. The van der Waals surface area contributed by atoms with Gasteiger partial charge in [0.15, 0.2) is 6.29 Å². The van der Waals surface area contributed by atoms with E-state index in [9.17, 15) is 20.4 Å². The Balaban J connectivity index is 1.25. The molecule has 5 fully saturated rings. The second-order valence-corrected chi connectivity index (χ2v) is 17.0. The van der Waals surface area contributed by atoms with Crippen LogP contribution >= 0.6 is 0 Å². The zero-order chi connectivity index (χ0) is 32.7. The summed E-state index contributed by atoms with van der Waals surface area (Å²) in [6, 6.07) is 0. The van der Waals surface area contributed by atoms with Crippen LogP contribution in [0.3, 0.4) is 0 Å². The van der Waals surface area contributed by atoms with Gasteiger partial charge in [0.1, 0.15) is 24.4 Å². The van der Waals surface area contributed by atoms with Crippen LogP contribution < -0.4 is 0 Å². The maximum Gasteiger partial charge on any atom is 0.186 e. The topological polar surface area (TPSA) is 118 Å².